The molecule has 1 aromatic rings. The molecule has 4 nitrogen and oxygen atoms in total. The Labute approximate surface area is 126 Å². The molecule has 21 heavy (non-hydrogen) atoms. The molecule has 0 bridgehead atoms. The molecular formula is C17H24O4. The molecule has 4 heteroatoms. The largest absolute Gasteiger partial charge is 0.394 e. The van der Waals surface area contributed by atoms with Crippen molar-refractivity contribution in [3.8, 4) is 0 Å². The van der Waals surface area contributed by atoms with Crippen molar-refractivity contribution in [2.45, 2.75) is 56.7 Å². The lowest BCUT2D eigenvalue weighted by Crippen LogP contribution is -2.38. The van der Waals surface area contributed by atoms with E-state index in [0.29, 0.717) is 13.2 Å². The van der Waals surface area contributed by atoms with E-state index in [1.54, 1.807) is 0 Å². The van der Waals surface area contributed by atoms with Crippen LogP contribution in [0.4, 0.5) is 0 Å². The van der Waals surface area contributed by atoms with Crippen molar-refractivity contribution in [1.82, 2.24) is 0 Å². The first-order valence-electron chi connectivity index (χ1n) is 7.89. The third-order valence-corrected chi connectivity index (χ3v) is 4.39. The summed E-state index contributed by atoms with van der Waals surface area (Å²) in [5.74, 6) is -0.410. The van der Waals surface area contributed by atoms with E-state index in [1.807, 2.05) is 30.3 Å². The van der Waals surface area contributed by atoms with Gasteiger partial charge in [-0.15, -0.1) is 0 Å². The average Bonchev–Trinajstić information content (AvgIpc) is 2.93. The summed E-state index contributed by atoms with van der Waals surface area (Å²) in [6, 6.07) is 9.98. The van der Waals surface area contributed by atoms with E-state index < -0.39 is 5.79 Å². The Bertz CT molecular complexity index is 428. The van der Waals surface area contributed by atoms with Crippen LogP contribution in [0.25, 0.3) is 0 Å². The molecule has 1 aromatic carbocycles. The van der Waals surface area contributed by atoms with Crippen LogP contribution in [0.15, 0.2) is 30.3 Å². The molecule has 1 saturated carbocycles. The molecule has 116 valence electrons. The Morgan fingerprint density at radius 1 is 1.19 bits per heavy atom. The van der Waals surface area contributed by atoms with E-state index in [9.17, 15) is 5.11 Å². The molecule has 2 fully saturated rings. The summed E-state index contributed by atoms with van der Waals surface area (Å²) in [6.45, 7) is 0.954. The average molecular weight is 292 g/mol. The van der Waals surface area contributed by atoms with Crippen molar-refractivity contribution in [2.75, 3.05) is 13.2 Å². The summed E-state index contributed by atoms with van der Waals surface area (Å²) >= 11 is 0. The Hall–Kier alpha value is -0.940. The number of hydrogen-bond donors (Lipinski definition) is 1. The summed E-state index contributed by atoms with van der Waals surface area (Å²) in [6.07, 6.45) is 4.99. The number of rotatable bonds is 5. The number of aliphatic hydroxyl groups is 1. The lowest BCUT2D eigenvalue weighted by atomic mass is 9.94. The molecule has 2 aliphatic rings. The third-order valence-electron chi connectivity index (χ3n) is 4.39. The Morgan fingerprint density at radius 3 is 2.67 bits per heavy atom. The third kappa shape index (κ3) is 3.64. The van der Waals surface area contributed by atoms with Gasteiger partial charge in [-0.2, -0.15) is 0 Å². The second-order valence-electron chi connectivity index (χ2n) is 5.96. The molecule has 0 radical (unpaired) electrons. The highest BCUT2D eigenvalue weighted by atomic mass is 16.8. The molecule has 1 unspecified atom stereocenters. The fraction of sp³-hybridized carbons (Fsp3) is 0.647. The molecular weight excluding hydrogens is 268 g/mol. The van der Waals surface area contributed by atoms with Gasteiger partial charge in [-0.1, -0.05) is 36.8 Å². The van der Waals surface area contributed by atoms with Gasteiger partial charge in [0.1, 0.15) is 12.2 Å². The standard InChI is InChI=1S/C17H24O4/c18-11-15(19-12-14-7-3-1-4-8-14)16-13-20-17(21-16)9-5-2-6-10-17/h1,3-4,7-8,15-16,18H,2,5-6,9-13H2/t15?,16-/m1/s1. The lowest BCUT2D eigenvalue weighted by molar-refractivity contribution is -0.201. The molecule has 2 atom stereocenters. The van der Waals surface area contributed by atoms with Gasteiger partial charge in [0.25, 0.3) is 0 Å². The van der Waals surface area contributed by atoms with Crippen molar-refractivity contribution in [3.63, 3.8) is 0 Å². The topological polar surface area (TPSA) is 47.9 Å². The second kappa shape index (κ2) is 6.88. The van der Waals surface area contributed by atoms with Crippen LogP contribution in [0, 0.1) is 0 Å². The van der Waals surface area contributed by atoms with Crippen LogP contribution in [-0.2, 0) is 20.8 Å². The second-order valence-corrected chi connectivity index (χ2v) is 5.96. The molecule has 1 aliphatic carbocycles. The van der Waals surface area contributed by atoms with E-state index in [-0.39, 0.29) is 18.8 Å². The lowest BCUT2D eigenvalue weighted by Gasteiger charge is -2.32. The molecule has 3 rings (SSSR count). The molecule has 0 amide bonds. The predicted molar refractivity (Wildman–Crippen MR) is 78.7 cm³/mol. The van der Waals surface area contributed by atoms with Gasteiger partial charge in [-0.3, -0.25) is 0 Å². The summed E-state index contributed by atoms with van der Waals surface area (Å²) in [5.41, 5.74) is 1.10. The Morgan fingerprint density at radius 2 is 1.95 bits per heavy atom. The zero-order chi connectivity index (χ0) is 14.5. The first-order chi connectivity index (χ1) is 10.3. The van der Waals surface area contributed by atoms with Crippen LogP contribution in [0.1, 0.15) is 37.7 Å². The van der Waals surface area contributed by atoms with E-state index >= 15 is 0 Å². The normalized spacial score (nSPS) is 26.0. The first kappa shape index (κ1) is 15.0. The zero-order valence-electron chi connectivity index (χ0n) is 12.4. The Kier molecular flexibility index (Phi) is 4.91. The summed E-state index contributed by atoms with van der Waals surface area (Å²) in [7, 11) is 0. The van der Waals surface area contributed by atoms with E-state index in [1.165, 1.54) is 6.42 Å². The molecule has 1 heterocycles. The zero-order valence-corrected chi connectivity index (χ0v) is 12.4. The number of aliphatic hydroxyl groups excluding tert-OH is 1. The maximum atomic E-state index is 9.59. The van der Waals surface area contributed by atoms with E-state index in [2.05, 4.69) is 0 Å². The monoisotopic (exact) mass is 292 g/mol. The van der Waals surface area contributed by atoms with Crippen LogP contribution >= 0.6 is 0 Å². The van der Waals surface area contributed by atoms with Gasteiger partial charge in [0.15, 0.2) is 5.79 Å². The van der Waals surface area contributed by atoms with E-state index in [0.717, 1.165) is 31.2 Å². The molecule has 0 aromatic heterocycles. The van der Waals surface area contributed by atoms with Gasteiger partial charge in [-0.05, 0) is 18.4 Å². The van der Waals surface area contributed by atoms with Crippen LogP contribution in [0.2, 0.25) is 0 Å². The van der Waals surface area contributed by atoms with Gasteiger partial charge < -0.3 is 19.3 Å². The van der Waals surface area contributed by atoms with Crippen molar-refractivity contribution in [2.24, 2.45) is 0 Å². The van der Waals surface area contributed by atoms with Gasteiger partial charge >= 0.3 is 0 Å². The Balaban J connectivity index is 1.54. The quantitative estimate of drug-likeness (QED) is 0.906. The number of hydrogen-bond acceptors (Lipinski definition) is 4. The SMILES string of the molecule is OCC(OCc1ccccc1)[C@H]1COC2(CCCCC2)O1. The van der Waals surface area contributed by atoms with Crippen LogP contribution in [0.5, 0.6) is 0 Å². The summed E-state index contributed by atoms with van der Waals surface area (Å²) in [5, 5.41) is 9.59. The number of ether oxygens (including phenoxy) is 3. The van der Waals surface area contributed by atoms with Crippen LogP contribution in [0.3, 0.4) is 0 Å². The molecule has 1 N–H and O–H groups in total. The fourth-order valence-electron chi connectivity index (χ4n) is 3.17. The van der Waals surface area contributed by atoms with Crippen LogP contribution < -0.4 is 0 Å². The van der Waals surface area contributed by atoms with Gasteiger partial charge in [0, 0.05) is 12.8 Å². The van der Waals surface area contributed by atoms with Crippen molar-refractivity contribution < 1.29 is 19.3 Å². The minimum atomic E-state index is -0.410. The number of benzene rings is 1. The van der Waals surface area contributed by atoms with Gasteiger partial charge in [-0.25, -0.2) is 0 Å². The van der Waals surface area contributed by atoms with Crippen molar-refractivity contribution in [3.05, 3.63) is 35.9 Å². The van der Waals surface area contributed by atoms with Gasteiger partial charge in [0.2, 0.25) is 0 Å². The molecule has 1 saturated heterocycles. The van der Waals surface area contributed by atoms with Crippen molar-refractivity contribution in [1.29, 1.82) is 0 Å². The van der Waals surface area contributed by atoms with Gasteiger partial charge in [0.05, 0.1) is 19.8 Å². The summed E-state index contributed by atoms with van der Waals surface area (Å²) in [4.78, 5) is 0. The highest BCUT2D eigenvalue weighted by molar-refractivity contribution is 5.13. The minimum Gasteiger partial charge on any atom is -0.394 e. The maximum absolute atomic E-state index is 9.59. The first-order valence-corrected chi connectivity index (χ1v) is 7.89. The minimum absolute atomic E-state index is 0.0447. The van der Waals surface area contributed by atoms with Crippen LogP contribution in [-0.4, -0.2) is 36.3 Å². The fourth-order valence-corrected chi connectivity index (χ4v) is 3.17. The molecule has 1 spiro atoms. The predicted octanol–water partition coefficient (Wildman–Crippen LogP) is 2.64. The summed E-state index contributed by atoms with van der Waals surface area (Å²) < 4.78 is 17.9. The highest BCUT2D eigenvalue weighted by Crippen LogP contribution is 2.38. The van der Waals surface area contributed by atoms with E-state index in [4.69, 9.17) is 14.2 Å². The molecule has 1 aliphatic heterocycles. The smallest absolute Gasteiger partial charge is 0.169 e. The highest BCUT2D eigenvalue weighted by Gasteiger charge is 2.44. The maximum Gasteiger partial charge on any atom is 0.169 e. The van der Waals surface area contributed by atoms with Crippen molar-refractivity contribution >= 4 is 0 Å².